The first-order chi connectivity index (χ1) is 13.4. The summed E-state index contributed by atoms with van der Waals surface area (Å²) in [5.74, 6) is 1.21. The molecule has 0 radical (unpaired) electrons. The summed E-state index contributed by atoms with van der Waals surface area (Å²) in [4.78, 5) is 21.2. The van der Waals surface area contributed by atoms with Crippen molar-refractivity contribution in [2.45, 2.75) is 38.5 Å². The Morgan fingerprint density at radius 1 is 0.964 bits per heavy atom. The van der Waals surface area contributed by atoms with Gasteiger partial charge in [0, 0.05) is 29.8 Å². The summed E-state index contributed by atoms with van der Waals surface area (Å²) in [6.45, 7) is 6.09. The lowest BCUT2D eigenvalue weighted by atomic mass is 9.76. The number of aromatic nitrogens is 2. The maximum atomic E-state index is 13.1. The lowest BCUT2D eigenvalue weighted by molar-refractivity contribution is -0.123. The van der Waals surface area contributed by atoms with Crippen molar-refractivity contribution in [1.29, 1.82) is 0 Å². The minimum atomic E-state index is -0.549. The average Bonchev–Trinajstić information content (AvgIpc) is 2.74. The highest BCUT2D eigenvalue weighted by Gasteiger charge is 2.30. The van der Waals surface area contributed by atoms with Crippen LogP contribution in [0.15, 0.2) is 67.3 Å². The zero-order chi connectivity index (χ0) is 20.1. The first-order valence-electron chi connectivity index (χ1n) is 9.45. The largest absolute Gasteiger partial charge is 0.497 e. The van der Waals surface area contributed by atoms with Crippen LogP contribution in [0.2, 0.25) is 0 Å². The van der Waals surface area contributed by atoms with E-state index in [4.69, 9.17) is 4.74 Å². The van der Waals surface area contributed by atoms with E-state index in [0.717, 1.165) is 28.0 Å². The summed E-state index contributed by atoms with van der Waals surface area (Å²) in [5.41, 5.74) is 3.61. The van der Waals surface area contributed by atoms with Crippen molar-refractivity contribution in [2.24, 2.45) is 0 Å². The number of methoxy groups -OCH3 is 1. The number of carbonyl (C=O) groups excluding carboxylic acids is 1. The van der Waals surface area contributed by atoms with Crippen LogP contribution < -0.4 is 4.74 Å². The van der Waals surface area contributed by atoms with Crippen LogP contribution in [0.3, 0.4) is 0 Å². The molecule has 0 aliphatic heterocycles. The van der Waals surface area contributed by atoms with Crippen molar-refractivity contribution in [1.82, 2.24) is 9.97 Å². The van der Waals surface area contributed by atoms with Crippen molar-refractivity contribution < 1.29 is 9.53 Å². The second-order valence-electron chi connectivity index (χ2n) is 7.63. The van der Waals surface area contributed by atoms with Gasteiger partial charge in [0.15, 0.2) is 0 Å². The van der Waals surface area contributed by atoms with Gasteiger partial charge in [0.05, 0.1) is 7.11 Å². The first kappa shape index (κ1) is 19.7. The van der Waals surface area contributed by atoms with Crippen LogP contribution in [-0.4, -0.2) is 22.9 Å². The van der Waals surface area contributed by atoms with E-state index in [1.165, 1.54) is 6.33 Å². The van der Waals surface area contributed by atoms with Gasteiger partial charge in [-0.25, -0.2) is 9.97 Å². The molecular formula is C24H26N2O2. The number of ketones is 1. The molecule has 0 fully saturated rings. The third-order valence-corrected chi connectivity index (χ3v) is 5.37. The Labute approximate surface area is 166 Å². The molecule has 1 heterocycles. The number of benzene rings is 2. The molecule has 3 rings (SSSR count). The Morgan fingerprint density at radius 2 is 1.57 bits per heavy atom. The smallest absolute Gasteiger partial charge is 0.143 e. The SMILES string of the molecule is COc1ccc([C@@H](C)CC(=O)C(C)(C)c2ccc(-c3cncnc3)cc2)cc1. The van der Waals surface area contributed by atoms with Gasteiger partial charge in [-0.15, -0.1) is 0 Å². The molecule has 0 amide bonds. The zero-order valence-corrected chi connectivity index (χ0v) is 16.8. The predicted molar refractivity (Wildman–Crippen MR) is 112 cm³/mol. The van der Waals surface area contributed by atoms with E-state index in [1.807, 2.05) is 62.4 Å². The van der Waals surface area contributed by atoms with Crippen LogP contribution in [0, 0.1) is 0 Å². The summed E-state index contributed by atoms with van der Waals surface area (Å²) in [6, 6.07) is 16.0. The Balaban J connectivity index is 1.72. The second kappa shape index (κ2) is 8.34. The molecule has 0 saturated heterocycles. The normalized spacial score (nSPS) is 12.4. The number of hydrogen-bond donors (Lipinski definition) is 0. The molecule has 0 bridgehead atoms. The van der Waals surface area contributed by atoms with E-state index >= 15 is 0 Å². The molecule has 0 aliphatic carbocycles. The molecule has 4 nitrogen and oxygen atoms in total. The van der Waals surface area contributed by atoms with E-state index in [2.05, 4.69) is 16.9 Å². The summed E-state index contributed by atoms with van der Waals surface area (Å²) in [7, 11) is 1.65. The number of rotatable bonds is 7. The van der Waals surface area contributed by atoms with E-state index in [-0.39, 0.29) is 11.7 Å². The minimum Gasteiger partial charge on any atom is -0.497 e. The van der Waals surface area contributed by atoms with Gasteiger partial charge in [-0.2, -0.15) is 0 Å². The highest BCUT2D eigenvalue weighted by atomic mass is 16.5. The maximum absolute atomic E-state index is 13.1. The lowest BCUT2D eigenvalue weighted by Gasteiger charge is -2.26. The summed E-state index contributed by atoms with van der Waals surface area (Å²) in [6.07, 6.45) is 5.58. The molecule has 28 heavy (non-hydrogen) atoms. The standard InChI is InChI=1S/C24H26N2O2/c1-17(18-7-11-22(28-4)12-8-18)13-23(27)24(2,3)21-9-5-19(6-10-21)20-14-25-16-26-15-20/h5-12,14-17H,13H2,1-4H3/t17-/m0/s1. The zero-order valence-electron chi connectivity index (χ0n) is 16.8. The van der Waals surface area contributed by atoms with Gasteiger partial charge in [0.25, 0.3) is 0 Å². The van der Waals surface area contributed by atoms with Crippen LogP contribution in [-0.2, 0) is 10.2 Å². The molecule has 0 aliphatic rings. The molecule has 0 unspecified atom stereocenters. The molecule has 3 aromatic rings. The van der Waals surface area contributed by atoms with E-state index < -0.39 is 5.41 Å². The Hall–Kier alpha value is -3.01. The maximum Gasteiger partial charge on any atom is 0.143 e. The quantitative estimate of drug-likeness (QED) is 0.571. The Bertz CT molecular complexity index is 917. The Kier molecular flexibility index (Phi) is 5.88. The van der Waals surface area contributed by atoms with Gasteiger partial charge in [-0.1, -0.05) is 43.3 Å². The number of ether oxygens (including phenoxy) is 1. The van der Waals surface area contributed by atoms with Crippen molar-refractivity contribution in [2.75, 3.05) is 7.11 Å². The first-order valence-corrected chi connectivity index (χ1v) is 9.45. The van der Waals surface area contributed by atoms with Crippen molar-refractivity contribution in [3.05, 3.63) is 78.4 Å². The van der Waals surface area contributed by atoms with Crippen LogP contribution in [0.1, 0.15) is 44.2 Å². The highest BCUT2D eigenvalue weighted by Crippen LogP contribution is 2.31. The predicted octanol–water partition coefficient (Wildman–Crippen LogP) is 5.19. The van der Waals surface area contributed by atoms with Crippen LogP contribution in [0.4, 0.5) is 0 Å². The number of hydrogen-bond acceptors (Lipinski definition) is 4. The molecular weight excluding hydrogens is 348 g/mol. The number of nitrogens with zero attached hydrogens (tertiary/aromatic N) is 2. The van der Waals surface area contributed by atoms with E-state index in [1.54, 1.807) is 19.5 Å². The fraction of sp³-hybridized carbons (Fsp3) is 0.292. The van der Waals surface area contributed by atoms with Gasteiger partial charge in [0.1, 0.15) is 17.9 Å². The lowest BCUT2D eigenvalue weighted by Crippen LogP contribution is -2.30. The molecule has 1 atom stereocenters. The fourth-order valence-electron chi connectivity index (χ4n) is 3.27. The van der Waals surface area contributed by atoms with Crippen LogP contribution >= 0.6 is 0 Å². The number of Topliss-reactive ketones (excluding diaryl/α,β-unsaturated/α-hetero) is 1. The van der Waals surface area contributed by atoms with E-state index in [0.29, 0.717) is 6.42 Å². The Morgan fingerprint density at radius 3 is 2.14 bits per heavy atom. The average molecular weight is 374 g/mol. The summed E-state index contributed by atoms with van der Waals surface area (Å²) >= 11 is 0. The summed E-state index contributed by atoms with van der Waals surface area (Å²) < 4.78 is 5.21. The molecule has 0 spiro atoms. The molecule has 1 aromatic heterocycles. The van der Waals surface area contributed by atoms with Crippen molar-refractivity contribution in [3.8, 4) is 16.9 Å². The molecule has 2 aromatic carbocycles. The van der Waals surface area contributed by atoms with E-state index in [9.17, 15) is 4.79 Å². The number of carbonyl (C=O) groups is 1. The third kappa shape index (κ3) is 4.28. The molecule has 0 saturated carbocycles. The minimum absolute atomic E-state index is 0.151. The van der Waals surface area contributed by atoms with Crippen molar-refractivity contribution >= 4 is 5.78 Å². The van der Waals surface area contributed by atoms with Gasteiger partial charge in [0.2, 0.25) is 0 Å². The third-order valence-electron chi connectivity index (χ3n) is 5.37. The topological polar surface area (TPSA) is 52.1 Å². The highest BCUT2D eigenvalue weighted by molar-refractivity contribution is 5.90. The monoisotopic (exact) mass is 374 g/mol. The summed E-state index contributed by atoms with van der Waals surface area (Å²) in [5, 5.41) is 0. The molecule has 144 valence electrons. The van der Waals surface area contributed by atoms with Crippen LogP contribution in [0.25, 0.3) is 11.1 Å². The van der Waals surface area contributed by atoms with Crippen LogP contribution in [0.5, 0.6) is 5.75 Å². The molecule has 0 N–H and O–H groups in total. The fourth-order valence-corrected chi connectivity index (χ4v) is 3.27. The van der Waals surface area contributed by atoms with Gasteiger partial charge in [-0.3, -0.25) is 4.79 Å². The van der Waals surface area contributed by atoms with Gasteiger partial charge >= 0.3 is 0 Å². The van der Waals surface area contributed by atoms with Crippen molar-refractivity contribution in [3.63, 3.8) is 0 Å². The second-order valence-corrected chi connectivity index (χ2v) is 7.63. The molecule has 4 heteroatoms. The van der Waals surface area contributed by atoms with Gasteiger partial charge in [-0.05, 0) is 48.6 Å². The van der Waals surface area contributed by atoms with Gasteiger partial charge < -0.3 is 4.74 Å².